The van der Waals surface area contributed by atoms with Crippen LogP contribution in [0.5, 0.6) is 0 Å². The van der Waals surface area contributed by atoms with Crippen LogP contribution >= 0.6 is 0 Å². The van der Waals surface area contributed by atoms with Crippen molar-refractivity contribution in [2.24, 2.45) is 5.92 Å². The van der Waals surface area contributed by atoms with Crippen LogP contribution in [0.1, 0.15) is 39.5 Å². The standard InChI is InChI=1S/C15H28N2O2/c1-3-5-8-14(4-2)12-19-13-15(18)11-16-17-9-6-7-10-17/h6-7,9-10,14-16,18H,3-5,8,11-13H2,1-2H3. The van der Waals surface area contributed by atoms with E-state index in [1.54, 1.807) is 0 Å². The van der Waals surface area contributed by atoms with E-state index in [0.717, 1.165) is 13.0 Å². The van der Waals surface area contributed by atoms with Crippen molar-refractivity contribution in [3.8, 4) is 0 Å². The van der Waals surface area contributed by atoms with E-state index < -0.39 is 6.10 Å². The molecule has 0 aliphatic rings. The summed E-state index contributed by atoms with van der Waals surface area (Å²) in [5, 5.41) is 9.81. The van der Waals surface area contributed by atoms with Gasteiger partial charge in [0.15, 0.2) is 0 Å². The molecule has 2 N–H and O–H groups in total. The SMILES string of the molecule is CCCCC(CC)COCC(O)CNn1cccc1. The Labute approximate surface area is 116 Å². The molecule has 1 rings (SSSR count). The van der Waals surface area contributed by atoms with Crippen LogP contribution in [0.4, 0.5) is 0 Å². The maximum atomic E-state index is 9.81. The fourth-order valence-electron chi connectivity index (χ4n) is 1.98. The first-order valence-electron chi connectivity index (χ1n) is 7.38. The summed E-state index contributed by atoms with van der Waals surface area (Å²) in [5.41, 5.74) is 3.10. The minimum Gasteiger partial charge on any atom is -0.389 e. The van der Waals surface area contributed by atoms with Gasteiger partial charge in [0.05, 0.1) is 19.3 Å². The van der Waals surface area contributed by atoms with Gasteiger partial charge in [-0.2, -0.15) is 0 Å². The van der Waals surface area contributed by atoms with Crippen molar-refractivity contribution >= 4 is 0 Å². The predicted octanol–water partition coefficient (Wildman–Crippen LogP) is 2.63. The number of nitrogens with zero attached hydrogens (tertiary/aromatic N) is 1. The van der Waals surface area contributed by atoms with Crippen molar-refractivity contribution in [2.75, 3.05) is 25.2 Å². The highest BCUT2D eigenvalue weighted by molar-refractivity contribution is 4.93. The zero-order valence-corrected chi connectivity index (χ0v) is 12.2. The second kappa shape index (κ2) is 9.87. The molecule has 4 heteroatoms. The molecule has 19 heavy (non-hydrogen) atoms. The van der Waals surface area contributed by atoms with Gasteiger partial charge in [-0.25, -0.2) is 0 Å². The highest BCUT2D eigenvalue weighted by atomic mass is 16.5. The van der Waals surface area contributed by atoms with Crippen molar-refractivity contribution < 1.29 is 9.84 Å². The molecule has 4 nitrogen and oxygen atoms in total. The van der Waals surface area contributed by atoms with Gasteiger partial charge in [-0.05, 0) is 24.5 Å². The highest BCUT2D eigenvalue weighted by Crippen LogP contribution is 2.12. The lowest BCUT2D eigenvalue weighted by Crippen LogP contribution is -2.29. The van der Waals surface area contributed by atoms with Crippen LogP contribution < -0.4 is 5.43 Å². The third-order valence-electron chi connectivity index (χ3n) is 3.32. The summed E-state index contributed by atoms with van der Waals surface area (Å²) in [6.07, 6.45) is 8.23. The van der Waals surface area contributed by atoms with E-state index in [-0.39, 0.29) is 0 Å². The van der Waals surface area contributed by atoms with E-state index in [1.807, 2.05) is 29.2 Å². The van der Waals surface area contributed by atoms with E-state index in [2.05, 4.69) is 19.3 Å². The number of nitrogens with one attached hydrogen (secondary N) is 1. The predicted molar refractivity (Wildman–Crippen MR) is 78.8 cm³/mol. The van der Waals surface area contributed by atoms with Gasteiger partial charge in [-0.15, -0.1) is 0 Å². The maximum absolute atomic E-state index is 9.81. The molecule has 0 spiro atoms. The molecule has 0 aromatic carbocycles. The van der Waals surface area contributed by atoms with Gasteiger partial charge in [-0.1, -0.05) is 33.1 Å². The first-order chi connectivity index (χ1) is 9.26. The van der Waals surface area contributed by atoms with Gasteiger partial charge in [0.25, 0.3) is 0 Å². The van der Waals surface area contributed by atoms with Crippen molar-refractivity contribution in [2.45, 2.75) is 45.6 Å². The fourth-order valence-corrected chi connectivity index (χ4v) is 1.98. The van der Waals surface area contributed by atoms with E-state index in [1.165, 1.54) is 19.3 Å². The Morgan fingerprint density at radius 1 is 1.21 bits per heavy atom. The minimum atomic E-state index is -0.467. The average molecular weight is 268 g/mol. The number of unbranched alkanes of at least 4 members (excludes halogenated alkanes) is 1. The van der Waals surface area contributed by atoms with Gasteiger partial charge in [-0.3, -0.25) is 4.68 Å². The molecular weight excluding hydrogens is 240 g/mol. The molecule has 1 aromatic rings. The summed E-state index contributed by atoms with van der Waals surface area (Å²) in [7, 11) is 0. The van der Waals surface area contributed by atoms with E-state index in [4.69, 9.17) is 4.74 Å². The van der Waals surface area contributed by atoms with E-state index in [9.17, 15) is 5.11 Å². The van der Waals surface area contributed by atoms with Crippen LogP contribution in [-0.2, 0) is 4.74 Å². The molecule has 1 aromatic heterocycles. The minimum absolute atomic E-state index is 0.400. The molecule has 0 saturated carbocycles. The Hall–Kier alpha value is -1.00. The molecule has 1 heterocycles. The van der Waals surface area contributed by atoms with Crippen LogP contribution in [0.2, 0.25) is 0 Å². The average Bonchev–Trinajstić information content (AvgIpc) is 2.93. The fraction of sp³-hybridized carbons (Fsp3) is 0.733. The van der Waals surface area contributed by atoms with Crippen LogP contribution in [0, 0.1) is 5.92 Å². The molecule has 0 amide bonds. The van der Waals surface area contributed by atoms with Crippen molar-refractivity contribution in [1.29, 1.82) is 0 Å². The van der Waals surface area contributed by atoms with E-state index >= 15 is 0 Å². The third-order valence-corrected chi connectivity index (χ3v) is 3.32. The lowest BCUT2D eigenvalue weighted by molar-refractivity contribution is 0.0235. The Kier molecular flexibility index (Phi) is 8.34. The van der Waals surface area contributed by atoms with Crippen molar-refractivity contribution in [1.82, 2.24) is 4.68 Å². The van der Waals surface area contributed by atoms with Gasteiger partial charge >= 0.3 is 0 Å². The Morgan fingerprint density at radius 2 is 1.95 bits per heavy atom. The largest absolute Gasteiger partial charge is 0.389 e. The number of aliphatic hydroxyl groups is 1. The summed E-state index contributed by atoms with van der Waals surface area (Å²) < 4.78 is 7.45. The molecule has 110 valence electrons. The topological polar surface area (TPSA) is 46.4 Å². The summed E-state index contributed by atoms with van der Waals surface area (Å²) in [4.78, 5) is 0. The van der Waals surface area contributed by atoms with Gasteiger partial charge in [0.2, 0.25) is 0 Å². The first kappa shape index (κ1) is 16.1. The molecule has 0 aliphatic heterocycles. The van der Waals surface area contributed by atoms with Crippen molar-refractivity contribution in [3.63, 3.8) is 0 Å². The maximum Gasteiger partial charge on any atom is 0.0961 e. The number of hydrogen-bond acceptors (Lipinski definition) is 3. The first-order valence-corrected chi connectivity index (χ1v) is 7.38. The summed E-state index contributed by atoms with van der Waals surface area (Å²) in [6, 6.07) is 3.88. The Morgan fingerprint density at radius 3 is 2.58 bits per heavy atom. The Balaban J connectivity index is 2.06. The molecule has 0 saturated heterocycles. The number of aliphatic hydroxyl groups excluding tert-OH is 1. The van der Waals surface area contributed by atoms with Crippen LogP contribution in [0.3, 0.4) is 0 Å². The molecule has 0 aliphatic carbocycles. The molecular formula is C15H28N2O2. The summed E-state index contributed by atoms with van der Waals surface area (Å²) in [5.74, 6) is 0.629. The summed E-state index contributed by atoms with van der Waals surface area (Å²) in [6.45, 7) is 6.08. The number of rotatable bonds is 11. The van der Waals surface area contributed by atoms with Crippen molar-refractivity contribution in [3.05, 3.63) is 24.5 Å². The molecule has 0 fully saturated rings. The normalized spacial score (nSPS) is 14.3. The zero-order chi connectivity index (χ0) is 13.9. The monoisotopic (exact) mass is 268 g/mol. The molecule has 2 atom stereocenters. The Bertz CT molecular complexity index is 301. The van der Waals surface area contributed by atoms with E-state index in [0.29, 0.717) is 19.1 Å². The number of ether oxygens (including phenoxy) is 1. The molecule has 0 radical (unpaired) electrons. The van der Waals surface area contributed by atoms with Gasteiger partial charge < -0.3 is 15.3 Å². The lowest BCUT2D eigenvalue weighted by atomic mass is 10.0. The zero-order valence-electron chi connectivity index (χ0n) is 12.2. The molecule has 0 bridgehead atoms. The number of aromatic nitrogens is 1. The second-order valence-corrected chi connectivity index (χ2v) is 5.06. The molecule has 2 unspecified atom stereocenters. The van der Waals surface area contributed by atoms with Gasteiger partial charge in [0.1, 0.15) is 0 Å². The second-order valence-electron chi connectivity index (χ2n) is 5.06. The van der Waals surface area contributed by atoms with Crippen LogP contribution in [0.25, 0.3) is 0 Å². The highest BCUT2D eigenvalue weighted by Gasteiger charge is 2.08. The van der Waals surface area contributed by atoms with Crippen LogP contribution in [0.15, 0.2) is 24.5 Å². The number of hydrogen-bond donors (Lipinski definition) is 2. The van der Waals surface area contributed by atoms with Crippen LogP contribution in [-0.4, -0.2) is 35.6 Å². The smallest absolute Gasteiger partial charge is 0.0961 e. The quantitative estimate of drug-likeness (QED) is 0.648. The van der Waals surface area contributed by atoms with Gasteiger partial charge in [0, 0.05) is 19.0 Å². The lowest BCUT2D eigenvalue weighted by Gasteiger charge is -2.17. The third kappa shape index (κ3) is 7.23. The summed E-state index contributed by atoms with van der Waals surface area (Å²) >= 11 is 0.